The molecule has 0 saturated carbocycles. The van der Waals surface area contributed by atoms with E-state index in [2.05, 4.69) is 20.0 Å². The molecule has 0 aliphatic carbocycles. The molecule has 1 atom stereocenters. The van der Waals surface area contributed by atoms with Crippen LogP contribution in [0.3, 0.4) is 0 Å². The summed E-state index contributed by atoms with van der Waals surface area (Å²) in [6.07, 6.45) is 2.69. The first-order valence-corrected chi connectivity index (χ1v) is 10.3. The van der Waals surface area contributed by atoms with E-state index >= 15 is 0 Å². The van der Waals surface area contributed by atoms with E-state index in [4.69, 9.17) is 11.6 Å². The van der Waals surface area contributed by atoms with Crippen molar-refractivity contribution in [3.63, 3.8) is 0 Å². The highest BCUT2D eigenvalue weighted by atomic mass is 35.5. The van der Waals surface area contributed by atoms with Crippen LogP contribution in [0.4, 0.5) is 24.7 Å². The van der Waals surface area contributed by atoms with Gasteiger partial charge in [0.1, 0.15) is 11.6 Å². The van der Waals surface area contributed by atoms with Crippen LogP contribution in [0.1, 0.15) is 16.8 Å². The van der Waals surface area contributed by atoms with Crippen LogP contribution in [-0.4, -0.2) is 45.7 Å². The lowest BCUT2D eigenvalue weighted by atomic mass is 10.1. The van der Waals surface area contributed by atoms with E-state index in [-0.39, 0.29) is 16.9 Å². The minimum Gasteiger partial charge on any atom is -0.420 e. The molecular formula is C22H18ClF3N4O3. The molecule has 11 heteroatoms. The number of pyridine rings is 2. The van der Waals surface area contributed by atoms with Crippen molar-refractivity contribution in [3.8, 4) is 16.9 Å². The van der Waals surface area contributed by atoms with E-state index in [9.17, 15) is 23.1 Å². The zero-order valence-electron chi connectivity index (χ0n) is 17.0. The molecule has 1 aromatic carbocycles. The summed E-state index contributed by atoms with van der Waals surface area (Å²) in [7, 11) is 0. The minimum absolute atomic E-state index is 0.143. The van der Waals surface area contributed by atoms with Crippen molar-refractivity contribution in [2.75, 3.05) is 23.3 Å². The van der Waals surface area contributed by atoms with Gasteiger partial charge in [0, 0.05) is 53.9 Å². The van der Waals surface area contributed by atoms with Crippen LogP contribution in [0.25, 0.3) is 11.1 Å². The third-order valence-electron chi connectivity index (χ3n) is 4.99. The SMILES string of the molecule is O=C(Nc1ccc(OC(F)(F)Cl)cc1)c1cnc(N2CCC(O)C2)c(-c2cccnc2F)c1. The molecule has 4 rings (SSSR count). The topological polar surface area (TPSA) is 87.6 Å². The fourth-order valence-electron chi connectivity index (χ4n) is 3.50. The summed E-state index contributed by atoms with van der Waals surface area (Å²) in [5.74, 6) is -1.01. The van der Waals surface area contributed by atoms with Crippen LogP contribution in [0.5, 0.6) is 5.75 Å². The van der Waals surface area contributed by atoms with Gasteiger partial charge in [-0.2, -0.15) is 4.39 Å². The molecular weight excluding hydrogens is 461 g/mol. The molecule has 0 bridgehead atoms. The summed E-state index contributed by atoms with van der Waals surface area (Å²) >= 11 is 4.74. The number of halogens is 4. The number of alkyl halides is 3. The van der Waals surface area contributed by atoms with Gasteiger partial charge in [0.15, 0.2) is 0 Å². The van der Waals surface area contributed by atoms with Gasteiger partial charge in [-0.05, 0) is 48.9 Å². The normalized spacial score (nSPS) is 16.0. The monoisotopic (exact) mass is 478 g/mol. The fourth-order valence-corrected chi connectivity index (χ4v) is 3.59. The number of ether oxygens (including phenoxy) is 1. The molecule has 1 unspecified atom stereocenters. The summed E-state index contributed by atoms with van der Waals surface area (Å²) in [5.41, 5.74) is -2.87. The second-order valence-corrected chi connectivity index (χ2v) is 7.79. The number of aromatic nitrogens is 2. The van der Waals surface area contributed by atoms with E-state index < -0.39 is 23.5 Å². The maximum atomic E-state index is 14.5. The van der Waals surface area contributed by atoms with Gasteiger partial charge in [-0.1, -0.05) is 0 Å². The van der Waals surface area contributed by atoms with Crippen LogP contribution in [0.2, 0.25) is 0 Å². The average Bonchev–Trinajstić information content (AvgIpc) is 3.20. The first-order chi connectivity index (χ1) is 15.7. The van der Waals surface area contributed by atoms with Gasteiger partial charge in [-0.25, -0.2) is 9.97 Å². The second-order valence-electron chi connectivity index (χ2n) is 7.35. The van der Waals surface area contributed by atoms with E-state index in [0.29, 0.717) is 36.6 Å². The van der Waals surface area contributed by atoms with Gasteiger partial charge >= 0.3 is 5.57 Å². The summed E-state index contributed by atoms with van der Waals surface area (Å²) in [6, 6.07) is 9.78. The number of β-amino-alcohol motifs (C(OH)–C–C–N with tert-alkyl or cyclic N) is 1. The van der Waals surface area contributed by atoms with Crippen LogP contribution < -0.4 is 15.0 Å². The molecule has 0 spiro atoms. The number of carbonyl (C=O) groups excluding carboxylic acids is 1. The van der Waals surface area contributed by atoms with Gasteiger partial charge in [-0.15, -0.1) is 8.78 Å². The summed E-state index contributed by atoms with van der Waals surface area (Å²) < 4.78 is 44.2. The van der Waals surface area contributed by atoms with Crippen molar-refractivity contribution in [2.45, 2.75) is 18.1 Å². The number of aliphatic hydroxyl groups excluding tert-OH is 1. The molecule has 3 aromatic rings. The third-order valence-corrected chi connectivity index (χ3v) is 5.06. The van der Waals surface area contributed by atoms with Crippen molar-refractivity contribution < 1.29 is 27.8 Å². The number of nitrogens with zero attached hydrogens (tertiary/aromatic N) is 3. The Morgan fingerprint density at radius 1 is 1.21 bits per heavy atom. The van der Waals surface area contributed by atoms with E-state index in [1.165, 1.54) is 48.8 Å². The maximum absolute atomic E-state index is 14.5. The number of rotatable bonds is 6. The van der Waals surface area contributed by atoms with E-state index in [1.807, 2.05) is 4.90 Å². The molecule has 2 N–H and O–H groups in total. The maximum Gasteiger partial charge on any atom is 0.487 e. The van der Waals surface area contributed by atoms with Gasteiger partial charge < -0.3 is 20.1 Å². The van der Waals surface area contributed by atoms with Gasteiger partial charge in [-0.3, -0.25) is 4.79 Å². The minimum atomic E-state index is -3.85. The summed E-state index contributed by atoms with van der Waals surface area (Å²) in [4.78, 5) is 22.7. The smallest absolute Gasteiger partial charge is 0.420 e. The van der Waals surface area contributed by atoms with Gasteiger partial charge in [0.05, 0.1) is 11.7 Å². The van der Waals surface area contributed by atoms with Crippen LogP contribution >= 0.6 is 11.6 Å². The zero-order valence-corrected chi connectivity index (χ0v) is 17.8. The summed E-state index contributed by atoms with van der Waals surface area (Å²) in [5, 5.41) is 12.5. The van der Waals surface area contributed by atoms with Crippen molar-refractivity contribution in [1.82, 2.24) is 9.97 Å². The van der Waals surface area contributed by atoms with E-state index in [1.54, 1.807) is 6.07 Å². The molecule has 33 heavy (non-hydrogen) atoms. The molecule has 0 radical (unpaired) electrons. The number of benzene rings is 1. The molecule has 1 aliphatic heterocycles. The Hall–Kier alpha value is -3.37. The Bertz CT molecular complexity index is 1160. The molecule has 1 amide bonds. The Morgan fingerprint density at radius 3 is 2.61 bits per heavy atom. The highest BCUT2D eigenvalue weighted by molar-refractivity contribution is 6.20. The third kappa shape index (κ3) is 5.52. The molecule has 2 aromatic heterocycles. The second kappa shape index (κ2) is 9.24. The lowest BCUT2D eigenvalue weighted by Crippen LogP contribution is -2.23. The van der Waals surface area contributed by atoms with Crippen molar-refractivity contribution in [2.24, 2.45) is 0 Å². The Morgan fingerprint density at radius 2 is 1.97 bits per heavy atom. The van der Waals surface area contributed by atoms with E-state index in [0.717, 1.165) is 0 Å². The largest absolute Gasteiger partial charge is 0.487 e. The number of aliphatic hydroxyl groups is 1. The van der Waals surface area contributed by atoms with Crippen LogP contribution in [0.15, 0.2) is 54.9 Å². The number of hydrogen-bond acceptors (Lipinski definition) is 6. The molecule has 172 valence electrons. The molecule has 1 saturated heterocycles. The van der Waals surface area contributed by atoms with Crippen LogP contribution in [-0.2, 0) is 0 Å². The number of nitrogens with one attached hydrogen (secondary N) is 1. The first kappa shape index (κ1) is 22.8. The number of carbonyl (C=O) groups is 1. The average molecular weight is 479 g/mol. The number of anilines is 2. The molecule has 3 heterocycles. The fraction of sp³-hybridized carbons (Fsp3) is 0.227. The Labute approximate surface area is 191 Å². The zero-order chi connectivity index (χ0) is 23.6. The van der Waals surface area contributed by atoms with Crippen LogP contribution in [0, 0.1) is 5.95 Å². The summed E-state index contributed by atoms with van der Waals surface area (Å²) in [6.45, 7) is 0.869. The number of hydrogen-bond donors (Lipinski definition) is 2. The predicted octanol–water partition coefficient (Wildman–Crippen LogP) is 4.27. The van der Waals surface area contributed by atoms with Crippen molar-refractivity contribution >= 4 is 29.0 Å². The quantitative estimate of drug-likeness (QED) is 0.406. The Balaban J connectivity index is 1.61. The lowest BCUT2D eigenvalue weighted by Gasteiger charge is -2.21. The highest BCUT2D eigenvalue weighted by Gasteiger charge is 2.28. The predicted molar refractivity (Wildman–Crippen MR) is 116 cm³/mol. The van der Waals surface area contributed by atoms with Gasteiger partial charge in [0.25, 0.3) is 5.91 Å². The molecule has 1 fully saturated rings. The standard InChI is InChI=1S/C22H18ClF3N4O3/c23-22(25,26)33-16-5-3-14(4-6-16)29-21(32)13-10-18(17-2-1-8-27-19(17)24)20(28-11-13)30-9-7-15(31)12-30/h1-6,8,10-11,15,31H,7,9,12H2,(H,29,32). The number of amides is 1. The lowest BCUT2D eigenvalue weighted by molar-refractivity contribution is -0.0964. The van der Waals surface area contributed by atoms with Crippen molar-refractivity contribution in [3.05, 3.63) is 66.4 Å². The van der Waals surface area contributed by atoms with Crippen molar-refractivity contribution in [1.29, 1.82) is 0 Å². The molecule has 1 aliphatic rings. The molecule has 7 nitrogen and oxygen atoms in total. The highest BCUT2D eigenvalue weighted by Crippen LogP contribution is 2.33. The first-order valence-electron chi connectivity index (χ1n) is 9.91. The van der Waals surface area contributed by atoms with Gasteiger partial charge in [0.2, 0.25) is 5.95 Å². The Kier molecular flexibility index (Phi) is 6.39.